The molecule has 4 heterocycles. The average Bonchev–Trinajstić information content (AvgIpc) is 3.57. The highest BCUT2D eigenvalue weighted by Gasteiger charge is 2.94. The molecular formula is C22H12F15N5O3. The van der Waals surface area contributed by atoms with Gasteiger partial charge in [0.15, 0.2) is 0 Å². The molecule has 0 aliphatic carbocycles. The predicted molar refractivity (Wildman–Crippen MR) is 112 cm³/mol. The van der Waals surface area contributed by atoms with Crippen molar-refractivity contribution in [3.05, 3.63) is 23.5 Å². The van der Waals surface area contributed by atoms with Crippen LogP contribution in [0.1, 0.15) is 17.7 Å². The van der Waals surface area contributed by atoms with E-state index in [2.05, 4.69) is 4.98 Å². The number of aryl methyl sites for hydroxylation is 1. The van der Waals surface area contributed by atoms with Gasteiger partial charge in [-0.3, -0.25) is 9.59 Å². The van der Waals surface area contributed by atoms with E-state index in [1.807, 2.05) is 0 Å². The molecule has 8 nitrogen and oxygen atoms in total. The third-order valence-corrected chi connectivity index (χ3v) is 7.55. The maximum absolute atomic E-state index is 14.7. The monoisotopic (exact) mass is 679 g/mol. The molecule has 4 amide bonds. The summed E-state index contributed by atoms with van der Waals surface area (Å²) in [5.74, 6) is -53.7. The first-order valence-corrected chi connectivity index (χ1v) is 11.8. The van der Waals surface area contributed by atoms with Crippen LogP contribution >= 0.6 is 0 Å². The van der Waals surface area contributed by atoms with Crippen molar-refractivity contribution < 1.29 is 80.2 Å². The SMILES string of the molecule is Cc1cc(N2C(=O)[C@@H]3C4CC(CN4C(=O)C(F)(F)C(F)(F)C(F)(F)C(F)(F)C(F)(F)C(F)(F)C(F)(F)F)N3C2=O)cnc1C#N. The molecule has 1 aromatic rings. The van der Waals surface area contributed by atoms with Crippen LogP contribution in [0.3, 0.4) is 0 Å². The maximum atomic E-state index is 14.7. The van der Waals surface area contributed by atoms with Crippen molar-refractivity contribution in [3.63, 3.8) is 0 Å². The number of pyridine rings is 1. The van der Waals surface area contributed by atoms with Gasteiger partial charge in [0.1, 0.15) is 17.8 Å². The van der Waals surface area contributed by atoms with Crippen molar-refractivity contribution in [2.45, 2.75) is 73.2 Å². The number of fused-ring (bicyclic) bond motifs is 5. The second kappa shape index (κ2) is 9.51. The number of nitrogens with zero attached hydrogens (tertiary/aromatic N) is 5. The molecule has 3 aliphatic rings. The van der Waals surface area contributed by atoms with Gasteiger partial charge >= 0.3 is 47.7 Å². The molecule has 3 aliphatic heterocycles. The van der Waals surface area contributed by atoms with Crippen molar-refractivity contribution in [1.29, 1.82) is 5.26 Å². The summed E-state index contributed by atoms with van der Waals surface area (Å²) in [5.41, 5.74) is -0.329. The minimum atomic E-state index is -8.56. The second-order valence-corrected chi connectivity index (χ2v) is 10.1. The number of urea groups is 1. The molecule has 0 N–H and O–H groups in total. The van der Waals surface area contributed by atoms with E-state index in [-0.39, 0.29) is 16.9 Å². The Balaban J connectivity index is 1.66. The zero-order valence-corrected chi connectivity index (χ0v) is 21.4. The number of anilines is 1. The quantitative estimate of drug-likeness (QED) is 0.306. The summed E-state index contributed by atoms with van der Waals surface area (Å²) in [4.78, 5) is 42.8. The van der Waals surface area contributed by atoms with E-state index in [4.69, 9.17) is 5.26 Å². The van der Waals surface area contributed by atoms with Gasteiger partial charge in [-0.15, -0.1) is 0 Å². The second-order valence-electron chi connectivity index (χ2n) is 10.1. The molecular weight excluding hydrogens is 667 g/mol. The molecule has 3 atom stereocenters. The number of aromatic nitrogens is 1. The third-order valence-electron chi connectivity index (χ3n) is 7.55. The number of carbonyl (C=O) groups is 3. The Hall–Kier alpha value is -4.00. The topological polar surface area (TPSA) is 97.6 Å². The van der Waals surface area contributed by atoms with Gasteiger partial charge in [0.05, 0.1) is 24.0 Å². The number of alkyl halides is 15. The van der Waals surface area contributed by atoms with E-state index in [0.29, 0.717) is 9.80 Å². The largest absolute Gasteiger partial charge is 0.460 e. The van der Waals surface area contributed by atoms with E-state index in [0.717, 1.165) is 12.3 Å². The summed E-state index contributed by atoms with van der Waals surface area (Å²) in [6.07, 6.45) is -7.57. The van der Waals surface area contributed by atoms with E-state index >= 15 is 0 Å². The summed E-state index contributed by atoms with van der Waals surface area (Å²) in [6, 6.07) is -3.89. The first-order valence-electron chi connectivity index (χ1n) is 11.8. The van der Waals surface area contributed by atoms with Gasteiger partial charge < -0.3 is 9.80 Å². The van der Waals surface area contributed by atoms with Crippen molar-refractivity contribution in [3.8, 4) is 6.07 Å². The Morgan fingerprint density at radius 1 is 0.867 bits per heavy atom. The van der Waals surface area contributed by atoms with Crippen LogP contribution in [0.5, 0.6) is 0 Å². The van der Waals surface area contributed by atoms with Gasteiger partial charge in [-0.05, 0) is 25.0 Å². The number of nitriles is 1. The van der Waals surface area contributed by atoms with Crippen LogP contribution in [-0.2, 0) is 9.59 Å². The molecule has 0 aromatic carbocycles. The first kappa shape index (κ1) is 33.9. The van der Waals surface area contributed by atoms with Crippen molar-refractivity contribution in [2.75, 3.05) is 11.4 Å². The van der Waals surface area contributed by atoms with Crippen LogP contribution < -0.4 is 4.90 Å². The van der Waals surface area contributed by atoms with Crippen LogP contribution in [0.15, 0.2) is 12.3 Å². The van der Waals surface area contributed by atoms with Gasteiger partial charge in [0.25, 0.3) is 11.8 Å². The minimum absolute atomic E-state index is 0.126. The van der Waals surface area contributed by atoms with Crippen LogP contribution in [0.4, 0.5) is 76.3 Å². The molecule has 45 heavy (non-hydrogen) atoms. The van der Waals surface area contributed by atoms with Crippen LogP contribution in [-0.4, -0.2) is 99.0 Å². The summed E-state index contributed by atoms with van der Waals surface area (Å²) >= 11 is 0. The van der Waals surface area contributed by atoms with Crippen LogP contribution in [0.25, 0.3) is 0 Å². The Morgan fingerprint density at radius 3 is 1.87 bits per heavy atom. The number of imide groups is 1. The molecule has 23 heteroatoms. The lowest BCUT2D eigenvalue weighted by Crippen LogP contribution is -2.74. The zero-order valence-electron chi connectivity index (χ0n) is 21.4. The van der Waals surface area contributed by atoms with Gasteiger partial charge in [0.2, 0.25) is 0 Å². The predicted octanol–water partition coefficient (Wildman–Crippen LogP) is 4.76. The highest BCUT2D eigenvalue weighted by atomic mass is 19.4. The molecule has 248 valence electrons. The van der Waals surface area contributed by atoms with Gasteiger partial charge in [0, 0.05) is 6.54 Å². The molecule has 2 bridgehead atoms. The fourth-order valence-electron chi connectivity index (χ4n) is 5.21. The molecule has 0 spiro atoms. The Kier molecular flexibility index (Phi) is 7.16. The van der Waals surface area contributed by atoms with Crippen molar-refractivity contribution >= 4 is 23.5 Å². The number of carbonyl (C=O) groups excluding carboxylic acids is 3. The van der Waals surface area contributed by atoms with Crippen molar-refractivity contribution in [2.24, 2.45) is 0 Å². The molecule has 4 rings (SSSR count). The number of halogens is 15. The number of likely N-dealkylation sites (tertiary alicyclic amines) is 1. The van der Waals surface area contributed by atoms with Gasteiger partial charge in [-0.2, -0.15) is 71.1 Å². The number of piperazine rings is 1. The summed E-state index contributed by atoms with van der Waals surface area (Å²) in [5, 5.41) is 8.97. The fraction of sp³-hybridized carbons (Fsp3) is 0.591. The maximum Gasteiger partial charge on any atom is 0.460 e. The van der Waals surface area contributed by atoms with Crippen LogP contribution in [0, 0.1) is 18.3 Å². The lowest BCUT2D eigenvalue weighted by molar-refractivity contribution is -0.450. The van der Waals surface area contributed by atoms with E-state index in [9.17, 15) is 80.2 Å². The standard InChI is InChI=1S/C22H12F15N5O3/c1-7-2-8(5-39-10(7)4-38)42-13(43)12-11-3-9(41(12)15(42)45)6-40(11)14(44)16(23,24)17(25,26)18(27,28)19(29,30)20(31,32)21(33,34)22(35,36)37/h2,5,9,11-12H,3,6H2,1H3/t9?,11?,12-/m0/s1. The Labute approximate surface area is 238 Å². The Bertz CT molecular complexity index is 1510. The zero-order chi connectivity index (χ0) is 34.7. The normalized spacial score (nSPS) is 23.2. The highest BCUT2D eigenvalue weighted by Crippen LogP contribution is 2.62. The fourth-order valence-corrected chi connectivity index (χ4v) is 5.21. The average molecular weight is 679 g/mol. The van der Waals surface area contributed by atoms with Crippen LogP contribution in [0.2, 0.25) is 0 Å². The molecule has 3 saturated heterocycles. The summed E-state index contributed by atoms with van der Waals surface area (Å²) in [6.45, 7) is 0.0838. The smallest absolute Gasteiger partial charge is 0.330 e. The molecule has 1 aromatic heterocycles. The van der Waals surface area contributed by atoms with E-state index < -0.39 is 95.5 Å². The van der Waals surface area contributed by atoms with E-state index in [1.165, 1.54) is 6.92 Å². The molecule has 0 radical (unpaired) electrons. The highest BCUT2D eigenvalue weighted by molar-refractivity contribution is 6.22. The van der Waals surface area contributed by atoms with Gasteiger partial charge in [-0.25, -0.2) is 14.7 Å². The third kappa shape index (κ3) is 4.08. The van der Waals surface area contributed by atoms with Gasteiger partial charge in [-0.1, -0.05) is 0 Å². The molecule has 2 unspecified atom stereocenters. The van der Waals surface area contributed by atoms with Crippen molar-refractivity contribution in [1.82, 2.24) is 14.8 Å². The Morgan fingerprint density at radius 2 is 1.38 bits per heavy atom. The summed E-state index contributed by atoms with van der Waals surface area (Å²) < 4.78 is 204. The number of hydrogen-bond acceptors (Lipinski definition) is 5. The minimum Gasteiger partial charge on any atom is -0.330 e. The number of amides is 4. The summed E-state index contributed by atoms with van der Waals surface area (Å²) in [7, 11) is 0. The molecule has 0 saturated carbocycles. The van der Waals surface area contributed by atoms with E-state index in [1.54, 1.807) is 6.07 Å². The lowest BCUT2D eigenvalue weighted by atomic mass is 9.90. The lowest BCUT2D eigenvalue weighted by Gasteiger charge is -2.42. The molecule has 3 fully saturated rings. The number of rotatable bonds is 7. The first-order chi connectivity index (χ1) is 20.1. The number of hydrogen-bond donors (Lipinski definition) is 0.